The van der Waals surface area contributed by atoms with Gasteiger partial charge in [-0.05, 0) is 36.5 Å². The molecule has 0 radical (unpaired) electrons. The predicted molar refractivity (Wildman–Crippen MR) is 99.7 cm³/mol. The standard InChI is InChI=1S/C17H17ClN6O3/c1-11-8-16(24(26)27)21-23(11)12(2)17(25)19-15-6-7-22(20-15)10-13-4-3-5-14(18)9-13/h3-9,12H,10H2,1-2H3,(H,19,20,25). The van der Waals surface area contributed by atoms with E-state index in [1.807, 2.05) is 18.2 Å². The van der Waals surface area contributed by atoms with Gasteiger partial charge in [0.25, 0.3) is 5.91 Å². The lowest BCUT2D eigenvalue weighted by Gasteiger charge is -2.10. The molecule has 0 saturated heterocycles. The lowest BCUT2D eigenvalue weighted by molar-refractivity contribution is -0.389. The Balaban J connectivity index is 1.67. The van der Waals surface area contributed by atoms with E-state index in [-0.39, 0.29) is 11.7 Å². The summed E-state index contributed by atoms with van der Waals surface area (Å²) in [6.45, 7) is 3.78. The number of nitrogens with zero attached hydrogens (tertiary/aromatic N) is 5. The molecule has 2 aromatic heterocycles. The van der Waals surface area contributed by atoms with Gasteiger partial charge in [-0.15, -0.1) is 0 Å². The van der Waals surface area contributed by atoms with E-state index in [0.29, 0.717) is 23.1 Å². The monoisotopic (exact) mass is 388 g/mol. The molecule has 1 aromatic carbocycles. The second-order valence-electron chi connectivity index (χ2n) is 6.04. The van der Waals surface area contributed by atoms with Crippen LogP contribution in [0.2, 0.25) is 5.02 Å². The Morgan fingerprint density at radius 3 is 2.78 bits per heavy atom. The van der Waals surface area contributed by atoms with E-state index in [2.05, 4.69) is 15.5 Å². The number of hydrogen-bond acceptors (Lipinski definition) is 5. The smallest absolute Gasteiger partial charge is 0.358 e. The molecule has 0 aliphatic heterocycles. The molecule has 140 valence electrons. The van der Waals surface area contributed by atoms with Crippen molar-refractivity contribution < 1.29 is 9.72 Å². The highest BCUT2D eigenvalue weighted by Gasteiger charge is 2.25. The first-order chi connectivity index (χ1) is 12.8. The molecule has 9 nitrogen and oxygen atoms in total. The van der Waals surface area contributed by atoms with Crippen LogP contribution >= 0.6 is 11.6 Å². The van der Waals surface area contributed by atoms with Crippen LogP contribution in [-0.2, 0) is 11.3 Å². The van der Waals surface area contributed by atoms with Crippen LogP contribution in [0.4, 0.5) is 11.6 Å². The Morgan fingerprint density at radius 2 is 2.11 bits per heavy atom. The van der Waals surface area contributed by atoms with Crippen LogP contribution in [0.15, 0.2) is 42.6 Å². The number of aryl methyl sites for hydroxylation is 1. The minimum atomic E-state index is -0.725. The zero-order chi connectivity index (χ0) is 19.6. The first kappa shape index (κ1) is 18.6. The Morgan fingerprint density at radius 1 is 1.33 bits per heavy atom. The Labute approximate surface area is 159 Å². The van der Waals surface area contributed by atoms with Crippen molar-refractivity contribution in [2.24, 2.45) is 0 Å². The Hall–Kier alpha value is -3.20. The van der Waals surface area contributed by atoms with Gasteiger partial charge in [-0.1, -0.05) is 23.7 Å². The van der Waals surface area contributed by atoms with Crippen LogP contribution in [-0.4, -0.2) is 30.4 Å². The van der Waals surface area contributed by atoms with Crippen molar-refractivity contribution in [3.05, 3.63) is 69.0 Å². The van der Waals surface area contributed by atoms with Crippen molar-refractivity contribution in [2.45, 2.75) is 26.4 Å². The number of amides is 1. The third kappa shape index (κ3) is 4.32. The minimum absolute atomic E-state index is 0.294. The molecule has 0 aliphatic carbocycles. The maximum Gasteiger partial charge on any atom is 0.390 e. The Kier molecular flexibility index (Phi) is 5.22. The first-order valence-electron chi connectivity index (χ1n) is 8.13. The van der Waals surface area contributed by atoms with Crippen LogP contribution < -0.4 is 5.32 Å². The van der Waals surface area contributed by atoms with E-state index in [1.165, 1.54) is 10.7 Å². The average molecular weight is 389 g/mol. The highest BCUT2D eigenvalue weighted by molar-refractivity contribution is 6.30. The molecular formula is C17H17ClN6O3. The summed E-state index contributed by atoms with van der Waals surface area (Å²) < 4.78 is 2.99. The summed E-state index contributed by atoms with van der Waals surface area (Å²) in [7, 11) is 0. The number of halogens is 1. The van der Waals surface area contributed by atoms with Gasteiger partial charge in [0.05, 0.1) is 23.4 Å². The number of aromatic nitrogens is 4. The Bertz CT molecular complexity index is 996. The molecule has 0 spiro atoms. The predicted octanol–water partition coefficient (Wildman–Crippen LogP) is 3.20. The van der Waals surface area contributed by atoms with Gasteiger partial charge in [0.1, 0.15) is 6.04 Å². The number of nitro groups is 1. The van der Waals surface area contributed by atoms with Gasteiger partial charge in [-0.3, -0.25) is 9.48 Å². The van der Waals surface area contributed by atoms with Crippen molar-refractivity contribution in [3.63, 3.8) is 0 Å². The molecule has 3 rings (SSSR count). The summed E-state index contributed by atoms with van der Waals surface area (Å²) in [6.07, 6.45) is 1.74. The molecule has 10 heteroatoms. The van der Waals surface area contributed by atoms with Crippen LogP contribution in [0.5, 0.6) is 0 Å². The number of nitrogens with one attached hydrogen (secondary N) is 1. The van der Waals surface area contributed by atoms with E-state index in [1.54, 1.807) is 36.9 Å². The van der Waals surface area contributed by atoms with Gasteiger partial charge >= 0.3 is 5.82 Å². The van der Waals surface area contributed by atoms with Gasteiger partial charge in [0.15, 0.2) is 5.82 Å². The number of anilines is 1. The van der Waals surface area contributed by atoms with Crippen molar-refractivity contribution in [1.82, 2.24) is 19.6 Å². The molecule has 0 bridgehead atoms. The highest BCUT2D eigenvalue weighted by atomic mass is 35.5. The average Bonchev–Trinajstić information content (AvgIpc) is 3.20. The molecule has 1 amide bonds. The molecule has 0 fully saturated rings. The largest absolute Gasteiger partial charge is 0.390 e. The molecule has 0 aliphatic rings. The van der Waals surface area contributed by atoms with Crippen molar-refractivity contribution in [3.8, 4) is 0 Å². The summed E-state index contributed by atoms with van der Waals surface area (Å²) in [4.78, 5) is 22.7. The van der Waals surface area contributed by atoms with E-state index in [4.69, 9.17) is 11.6 Å². The molecule has 27 heavy (non-hydrogen) atoms. The molecule has 2 heterocycles. The van der Waals surface area contributed by atoms with Crippen molar-refractivity contribution in [1.29, 1.82) is 0 Å². The molecule has 1 atom stereocenters. The summed E-state index contributed by atoms with van der Waals surface area (Å²) in [5.74, 6) is -0.282. The van der Waals surface area contributed by atoms with Crippen molar-refractivity contribution in [2.75, 3.05) is 5.32 Å². The fourth-order valence-electron chi connectivity index (χ4n) is 2.63. The molecule has 1 N–H and O–H groups in total. The van der Waals surface area contributed by atoms with Crippen LogP contribution in [0.25, 0.3) is 0 Å². The number of benzene rings is 1. The topological polar surface area (TPSA) is 108 Å². The maximum atomic E-state index is 12.4. The number of carbonyl (C=O) groups excluding carboxylic acids is 1. The van der Waals surface area contributed by atoms with Crippen LogP contribution in [0.3, 0.4) is 0 Å². The van der Waals surface area contributed by atoms with Gasteiger partial charge in [-0.2, -0.15) is 9.78 Å². The number of hydrogen-bond donors (Lipinski definition) is 1. The van der Waals surface area contributed by atoms with E-state index < -0.39 is 11.0 Å². The molecule has 1 unspecified atom stereocenters. The van der Waals surface area contributed by atoms with Crippen molar-refractivity contribution >= 4 is 29.1 Å². The summed E-state index contributed by atoms with van der Waals surface area (Å²) >= 11 is 5.98. The second kappa shape index (κ2) is 7.58. The first-order valence-corrected chi connectivity index (χ1v) is 8.50. The van der Waals surface area contributed by atoms with Crippen LogP contribution in [0, 0.1) is 17.0 Å². The lowest BCUT2D eigenvalue weighted by atomic mass is 10.2. The normalized spacial score (nSPS) is 12.0. The summed E-state index contributed by atoms with van der Waals surface area (Å²) in [5, 5.41) is 22.3. The maximum absolute atomic E-state index is 12.4. The third-order valence-corrected chi connectivity index (χ3v) is 4.20. The highest BCUT2D eigenvalue weighted by Crippen LogP contribution is 2.18. The lowest BCUT2D eigenvalue weighted by Crippen LogP contribution is -2.25. The fraction of sp³-hybridized carbons (Fsp3) is 0.235. The molecular weight excluding hydrogens is 372 g/mol. The zero-order valence-corrected chi connectivity index (χ0v) is 15.4. The van der Waals surface area contributed by atoms with Gasteiger partial charge in [-0.25, -0.2) is 0 Å². The third-order valence-electron chi connectivity index (χ3n) is 3.97. The van der Waals surface area contributed by atoms with E-state index >= 15 is 0 Å². The summed E-state index contributed by atoms with van der Waals surface area (Å²) in [5.41, 5.74) is 1.51. The second-order valence-corrected chi connectivity index (χ2v) is 6.48. The molecule has 3 aromatic rings. The van der Waals surface area contributed by atoms with Crippen LogP contribution in [0.1, 0.15) is 24.2 Å². The van der Waals surface area contributed by atoms with E-state index in [9.17, 15) is 14.9 Å². The van der Waals surface area contributed by atoms with E-state index in [0.717, 1.165) is 5.56 Å². The van der Waals surface area contributed by atoms with Gasteiger partial charge in [0.2, 0.25) is 0 Å². The minimum Gasteiger partial charge on any atom is -0.358 e. The SMILES string of the molecule is Cc1cc([N+](=O)[O-])nn1C(C)C(=O)Nc1ccn(Cc2cccc(Cl)c2)n1. The fourth-order valence-corrected chi connectivity index (χ4v) is 2.85. The van der Waals surface area contributed by atoms with Gasteiger partial charge in [0, 0.05) is 17.3 Å². The number of carbonyl (C=O) groups is 1. The quantitative estimate of drug-likeness (QED) is 0.515. The number of rotatable bonds is 6. The molecule has 0 saturated carbocycles. The summed E-state index contributed by atoms with van der Waals surface area (Å²) in [6, 6.07) is 9.70. The zero-order valence-electron chi connectivity index (χ0n) is 14.7. The van der Waals surface area contributed by atoms with Gasteiger partial charge < -0.3 is 15.4 Å².